The number of hydrogen-bond donors (Lipinski definition) is 0. The van der Waals surface area contributed by atoms with Crippen molar-refractivity contribution in [3.05, 3.63) is 11.1 Å². The van der Waals surface area contributed by atoms with Crippen LogP contribution in [0.25, 0.3) is 0 Å². The van der Waals surface area contributed by atoms with Gasteiger partial charge in [-0.1, -0.05) is 0 Å². The fourth-order valence-electron chi connectivity index (χ4n) is 2.58. The molecule has 1 amide bonds. The van der Waals surface area contributed by atoms with Crippen LogP contribution in [-0.4, -0.2) is 54.8 Å². The molecule has 1 aromatic heterocycles. The predicted octanol–water partition coefficient (Wildman–Crippen LogP) is 3.60. The van der Waals surface area contributed by atoms with Crippen LogP contribution in [0, 0.1) is 0 Å². The summed E-state index contributed by atoms with van der Waals surface area (Å²) in [7, 11) is 1.29. The van der Waals surface area contributed by atoms with Crippen molar-refractivity contribution < 1.29 is 28.5 Å². The number of carbonyl (C=O) groups is 2. The third-order valence-electron chi connectivity index (χ3n) is 3.75. The van der Waals surface area contributed by atoms with Crippen LogP contribution in [0.5, 0.6) is 0 Å². The Morgan fingerprint density at radius 2 is 2.11 bits per heavy atom. The normalized spacial score (nSPS) is 19.4. The fourth-order valence-corrected chi connectivity index (χ4v) is 3.39. The molecule has 0 saturated carbocycles. The van der Waals surface area contributed by atoms with Crippen molar-refractivity contribution in [2.24, 2.45) is 0 Å². The minimum absolute atomic E-state index is 0.0428. The highest BCUT2D eigenvalue weighted by atomic mass is 32.1. The first-order valence-corrected chi connectivity index (χ1v) is 9.75. The van der Waals surface area contributed by atoms with Gasteiger partial charge in [0.25, 0.3) is 0 Å². The number of methoxy groups -OCH3 is 1. The van der Waals surface area contributed by atoms with Gasteiger partial charge in [-0.2, -0.15) is 0 Å². The maximum Gasteiger partial charge on any atom is 0.416 e. The van der Waals surface area contributed by atoms with Gasteiger partial charge in [0, 0.05) is 11.9 Å². The summed E-state index contributed by atoms with van der Waals surface area (Å²) in [5, 5.41) is 1.95. The molecule has 27 heavy (non-hydrogen) atoms. The van der Waals surface area contributed by atoms with Crippen molar-refractivity contribution in [2.75, 3.05) is 25.2 Å². The monoisotopic (exact) mass is 400 g/mol. The molecule has 2 rings (SSSR count). The topological polar surface area (TPSA) is 87.2 Å². The zero-order chi connectivity index (χ0) is 20.2. The van der Waals surface area contributed by atoms with Crippen LogP contribution >= 0.6 is 11.3 Å². The summed E-state index contributed by atoms with van der Waals surface area (Å²) in [4.78, 5) is 30.0. The minimum Gasteiger partial charge on any atom is -0.464 e. The summed E-state index contributed by atoms with van der Waals surface area (Å²) in [5.41, 5.74) is -0.482. The average molecular weight is 400 g/mol. The van der Waals surface area contributed by atoms with Crippen LogP contribution in [0.2, 0.25) is 0 Å². The van der Waals surface area contributed by atoms with E-state index >= 15 is 0 Å². The highest BCUT2D eigenvalue weighted by Gasteiger charge is 2.32. The van der Waals surface area contributed by atoms with E-state index in [0.29, 0.717) is 24.7 Å². The Hall–Kier alpha value is -1.71. The first kappa shape index (κ1) is 21.6. The molecule has 0 aliphatic carbocycles. The van der Waals surface area contributed by atoms with Crippen LogP contribution in [0.3, 0.4) is 0 Å². The number of nitrogens with zero attached hydrogens (tertiary/aromatic N) is 2. The van der Waals surface area contributed by atoms with Crippen molar-refractivity contribution in [1.29, 1.82) is 0 Å². The molecule has 1 aliphatic rings. The zero-order valence-electron chi connectivity index (χ0n) is 16.7. The van der Waals surface area contributed by atoms with Crippen molar-refractivity contribution >= 4 is 28.5 Å². The van der Waals surface area contributed by atoms with Gasteiger partial charge in [-0.15, -0.1) is 11.3 Å². The third kappa shape index (κ3) is 6.44. The molecule has 1 fully saturated rings. The van der Waals surface area contributed by atoms with Crippen LogP contribution in [0.1, 0.15) is 57.9 Å². The molecule has 1 saturated heterocycles. The first-order chi connectivity index (χ1) is 12.5. The average Bonchev–Trinajstić information content (AvgIpc) is 3.01. The third-order valence-corrected chi connectivity index (χ3v) is 4.61. The fraction of sp³-hybridized carbons (Fsp3) is 0.722. The summed E-state index contributed by atoms with van der Waals surface area (Å²) in [6, 6.07) is 0. The molecule has 0 radical (unpaired) electrons. The van der Waals surface area contributed by atoms with E-state index in [1.54, 1.807) is 26.2 Å². The summed E-state index contributed by atoms with van der Waals surface area (Å²) in [6.45, 7) is 10.1. The van der Waals surface area contributed by atoms with E-state index in [2.05, 4.69) is 9.72 Å². The summed E-state index contributed by atoms with van der Waals surface area (Å²) in [6.07, 6.45) is 0.786. The number of thiazole rings is 1. The van der Waals surface area contributed by atoms with Crippen LogP contribution < -0.4 is 4.90 Å². The van der Waals surface area contributed by atoms with Crippen molar-refractivity contribution in [3.8, 4) is 0 Å². The van der Waals surface area contributed by atoms with Crippen LogP contribution in [0.4, 0.5) is 9.93 Å². The quantitative estimate of drug-likeness (QED) is 0.698. The minimum atomic E-state index is -0.644. The van der Waals surface area contributed by atoms with Crippen molar-refractivity contribution in [3.63, 3.8) is 0 Å². The van der Waals surface area contributed by atoms with Gasteiger partial charge in [0.15, 0.2) is 16.6 Å². The van der Waals surface area contributed by atoms with E-state index in [4.69, 9.17) is 14.2 Å². The molecule has 1 aliphatic heterocycles. The number of anilines is 1. The molecule has 1 unspecified atom stereocenters. The summed E-state index contributed by atoms with van der Waals surface area (Å²) >= 11 is 1.19. The molecular formula is C18H28N2O6S. The van der Waals surface area contributed by atoms with Gasteiger partial charge in [0.05, 0.1) is 19.8 Å². The molecular weight excluding hydrogens is 372 g/mol. The predicted molar refractivity (Wildman–Crippen MR) is 101 cm³/mol. The van der Waals surface area contributed by atoms with E-state index in [-0.39, 0.29) is 11.8 Å². The number of hydrogen-bond acceptors (Lipinski definition) is 8. The van der Waals surface area contributed by atoms with Crippen molar-refractivity contribution in [2.45, 2.75) is 65.0 Å². The van der Waals surface area contributed by atoms with Gasteiger partial charge in [0.2, 0.25) is 0 Å². The molecule has 0 bridgehead atoms. The van der Waals surface area contributed by atoms with Gasteiger partial charge in [-0.05, 0) is 47.5 Å². The Bertz CT molecular complexity index is 667. The Balaban J connectivity index is 2.13. The second kappa shape index (κ2) is 8.53. The first-order valence-electron chi connectivity index (χ1n) is 8.87. The van der Waals surface area contributed by atoms with Gasteiger partial charge in [0.1, 0.15) is 5.60 Å². The van der Waals surface area contributed by atoms with Gasteiger partial charge in [-0.25, -0.2) is 14.6 Å². The number of ether oxygens (including phenoxy) is 4. The smallest absolute Gasteiger partial charge is 0.416 e. The van der Waals surface area contributed by atoms with E-state index in [0.717, 1.165) is 6.42 Å². The molecule has 1 atom stereocenters. The highest BCUT2D eigenvalue weighted by molar-refractivity contribution is 7.14. The summed E-state index contributed by atoms with van der Waals surface area (Å²) < 4.78 is 21.7. The highest BCUT2D eigenvalue weighted by Crippen LogP contribution is 2.27. The zero-order valence-corrected chi connectivity index (χ0v) is 17.6. The summed E-state index contributed by atoms with van der Waals surface area (Å²) in [5.74, 6) is -1.19. The number of amides is 1. The SMILES string of the molecule is COC(=O)c1csc(N(CCC2CCOC(C)(C)O2)C(=O)OC(C)(C)C)n1. The number of rotatable bonds is 5. The van der Waals surface area contributed by atoms with E-state index in [9.17, 15) is 9.59 Å². The van der Waals surface area contributed by atoms with Crippen molar-refractivity contribution in [1.82, 2.24) is 4.98 Å². The Labute approximate surface area is 163 Å². The van der Waals surface area contributed by atoms with E-state index < -0.39 is 23.5 Å². The molecule has 9 heteroatoms. The molecule has 0 N–H and O–H groups in total. The molecule has 152 valence electrons. The largest absolute Gasteiger partial charge is 0.464 e. The van der Waals surface area contributed by atoms with Gasteiger partial charge < -0.3 is 18.9 Å². The second-order valence-electron chi connectivity index (χ2n) is 7.70. The van der Waals surface area contributed by atoms with Crippen LogP contribution in [-0.2, 0) is 18.9 Å². The van der Waals surface area contributed by atoms with Crippen LogP contribution in [0.15, 0.2) is 5.38 Å². The molecule has 0 aromatic carbocycles. The lowest BCUT2D eigenvalue weighted by molar-refractivity contribution is -0.273. The number of esters is 1. The second-order valence-corrected chi connectivity index (χ2v) is 8.54. The molecule has 1 aromatic rings. The lowest BCUT2D eigenvalue weighted by Crippen LogP contribution is -2.43. The lowest BCUT2D eigenvalue weighted by Gasteiger charge is -2.36. The molecule has 2 heterocycles. The Kier molecular flexibility index (Phi) is 6.82. The van der Waals surface area contributed by atoms with E-state index in [1.165, 1.54) is 23.3 Å². The Morgan fingerprint density at radius 1 is 1.41 bits per heavy atom. The maximum atomic E-state index is 12.7. The number of carbonyl (C=O) groups excluding carboxylic acids is 2. The molecule has 8 nitrogen and oxygen atoms in total. The van der Waals surface area contributed by atoms with E-state index in [1.807, 2.05) is 13.8 Å². The van der Waals surface area contributed by atoms with Gasteiger partial charge >= 0.3 is 12.1 Å². The van der Waals surface area contributed by atoms with Gasteiger partial charge in [-0.3, -0.25) is 4.90 Å². The lowest BCUT2D eigenvalue weighted by atomic mass is 10.1. The standard InChI is InChI=1S/C18H28N2O6S/c1-17(2,3)26-16(22)20(15-19-13(11-27-15)14(21)23-6)9-7-12-8-10-24-18(4,5)25-12/h11-12H,7-10H2,1-6H3. The Morgan fingerprint density at radius 3 is 2.70 bits per heavy atom. The maximum absolute atomic E-state index is 12.7. The number of aromatic nitrogens is 1. The molecule has 0 spiro atoms.